The van der Waals surface area contributed by atoms with Crippen molar-refractivity contribution in [3.05, 3.63) is 83.8 Å². The number of ketones is 1. The van der Waals surface area contributed by atoms with Gasteiger partial charge in [-0.1, -0.05) is 110 Å². The molecule has 2 saturated heterocycles. The Morgan fingerprint density at radius 3 is 2.33 bits per heavy atom. The lowest BCUT2D eigenvalue weighted by Gasteiger charge is -2.47. The van der Waals surface area contributed by atoms with Crippen molar-refractivity contribution in [3.63, 3.8) is 0 Å². The summed E-state index contributed by atoms with van der Waals surface area (Å²) in [5, 5.41) is 66.3. The number of hydrogen-bond donors (Lipinski definition) is 9. The Balaban J connectivity index is 1.52. The number of cyclic esters (lactones) is 1. The molecule has 3 heterocycles. The van der Waals surface area contributed by atoms with Gasteiger partial charge in [0.25, 0.3) is 5.91 Å². The minimum absolute atomic E-state index is 0.0485. The number of amides is 4. The summed E-state index contributed by atoms with van der Waals surface area (Å²) in [5.74, 6) is -7.63. The molecule has 4 amide bonds. The highest BCUT2D eigenvalue weighted by atomic mass is 19.1. The highest BCUT2D eigenvalue weighted by Gasteiger charge is 2.49. The van der Waals surface area contributed by atoms with Crippen LogP contribution in [0.3, 0.4) is 0 Å². The third-order valence-electron chi connectivity index (χ3n) is 16.5. The van der Waals surface area contributed by atoms with Gasteiger partial charge in [0.2, 0.25) is 17.7 Å². The minimum Gasteiger partial charge on any atom is -0.456 e. The van der Waals surface area contributed by atoms with E-state index in [9.17, 15) is 58.7 Å². The van der Waals surface area contributed by atoms with Gasteiger partial charge in [0.1, 0.15) is 41.6 Å². The van der Waals surface area contributed by atoms with Gasteiger partial charge >= 0.3 is 5.97 Å². The Bertz CT molecular complexity index is 2290. The van der Waals surface area contributed by atoms with Crippen molar-refractivity contribution < 1.29 is 63.4 Å². The van der Waals surface area contributed by atoms with E-state index in [1.165, 1.54) is 36.2 Å². The van der Waals surface area contributed by atoms with Crippen LogP contribution in [0.5, 0.6) is 0 Å². The van der Waals surface area contributed by atoms with E-state index in [2.05, 4.69) is 21.4 Å². The first kappa shape index (κ1) is 65.4. The quantitative estimate of drug-likeness (QED) is 0.0585. The molecule has 0 spiro atoms. The lowest BCUT2D eigenvalue weighted by molar-refractivity contribution is -0.170. The van der Waals surface area contributed by atoms with E-state index >= 15 is 0 Å². The molecule has 3 aliphatic rings. The van der Waals surface area contributed by atoms with Gasteiger partial charge < -0.3 is 51.0 Å². The number of Topliss-reactive ketones (excluding diaryl/α,β-unsaturated/α-hetero) is 1. The van der Waals surface area contributed by atoms with Crippen molar-refractivity contribution in [3.8, 4) is 0 Å². The first-order chi connectivity index (χ1) is 36.8. The van der Waals surface area contributed by atoms with Gasteiger partial charge in [0.15, 0.2) is 0 Å². The molecule has 3 aliphatic heterocycles. The van der Waals surface area contributed by atoms with E-state index in [4.69, 9.17) is 4.74 Å². The first-order valence-electron chi connectivity index (χ1n) is 28.3. The van der Waals surface area contributed by atoms with E-state index in [1.807, 2.05) is 52.8 Å². The molecule has 0 saturated carbocycles. The molecular formula is C60H92FN5O12. The Morgan fingerprint density at radius 1 is 0.949 bits per heavy atom. The molecule has 0 aromatic heterocycles. The Morgan fingerprint density at radius 2 is 1.67 bits per heavy atom. The molecule has 1 aromatic carbocycles. The lowest BCUT2D eigenvalue weighted by Crippen LogP contribution is -2.65. The highest BCUT2D eigenvalue weighted by molar-refractivity contribution is 5.93. The van der Waals surface area contributed by atoms with Crippen molar-refractivity contribution in [1.82, 2.24) is 26.4 Å². The molecule has 16 atom stereocenters. The molecule has 2 bridgehead atoms. The average molecular weight is 1090 g/mol. The summed E-state index contributed by atoms with van der Waals surface area (Å²) >= 11 is 0. The smallest absolute Gasteiger partial charge is 0.325 e. The van der Waals surface area contributed by atoms with E-state index in [-0.39, 0.29) is 67.6 Å². The summed E-state index contributed by atoms with van der Waals surface area (Å²) in [6, 6.07) is 2.14. The molecule has 2 fully saturated rings. The minimum atomic E-state index is -1.53. The summed E-state index contributed by atoms with van der Waals surface area (Å²) in [6.07, 6.45) is 11.3. The van der Waals surface area contributed by atoms with Crippen LogP contribution in [0.15, 0.2) is 72.4 Å². The van der Waals surface area contributed by atoms with Crippen LogP contribution in [0.1, 0.15) is 145 Å². The van der Waals surface area contributed by atoms with Crippen LogP contribution in [-0.2, 0) is 39.9 Å². The normalized spacial score (nSPS) is 31.4. The summed E-state index contributed by atoms with van der Waals surface area (Å²) in [7, 11) is 0. The van der Waals surface area contributed by atoms with Gasteiger partial charge in [0, 0.05) is 49.5 Å². The summed E-state index contributed by atoms with van der Waals surface area (Å²) in [4.78, 5) is 81.6. The molecule has 0 radical (unpaired) electrons. The van der Waals surface area contributed by atoms with Gasteiger partial charge in [-0.2, -0.15) is 0 Å². The fraction of sp³-hybridized carbons (Fsp3) is 0.667. The molecule has 1 aromatic rings. The maximum atomic E-state index is 14.5. The molecule has 78 heavy (non-hydrogen) atoms. The van der Waals surface area contributed by atoms with Crippen molar-refractivity contribution in [2.75, 3.05) is 6.54 Å². The van der Waals surface area contributed by atoms with Crippen molar-refractivity contribution >= 4 is 35.4 Å². The van der Waals surface area contributed by atoms with Crippen LogP contribution in [0.25, 0.3) is 0 Å². The van der Waals surface area contributed by atoms with Crippen LogP contribution >= 0.6 is 0 Å². The largest absolute Gasteiger partial charge is 0.456 e. The van der Waals surface area contributed by atoms with Crippen LogP contribution in [0, 0.1) is 53.2 Å². The Labute approximate surface area is 462 Å². The molecule has 18 heteroatoms. The number of aliphatic hydroxyl groups excluding tert-OH is 4. The molecule has 9 N–H and O–H groups in total. The van der Waals surface area contributed by atoms with E-state index in [0.717, 1.165) is 0 Å². The zero-order valence-electron chi connectivity index (χ0n) is 47.7. The van der Waals surface area contributed by atoms with Gasteiger partial charge in [0.05, 0.1) is 30.3 Å². The second-order valence-electron chi connectivity index (χ2n) is 23.0. The van der Waals surface area contributed by atoms with Crippen molar-refractivity contribution in [2.24, 2.45) is 47.3 Å². The SMILES string of the molecule is CCC1C[C@H](C)[C@@](O)(C(C)C(O)C(C)CCC(O)C(C)CC/C=C/C=C(\C)[C@@H]2C/C=C/C=C/[C@H](O)C(C)C(O)C(CCC(C)=O)C(=O)NC(C(C)C)C(=O)NC(Cc3cccc(F)c3)C(=O)N3CCCC(N3)C(=O)O2)NC1=O. The zero-order chi connectivity index (χ0) is 58.0. The molecule has 12 unspecified atom stereocenters. The number of carbonyl (C=O) groups excluding carboxylic acids is 6. The predicted molar refractivity (Wildman–Crippen MR) is 296 cm³/mol. The predicted octanol–water partition coefficient (Wildman–Crippen LogP) is 5.82. The number of rotatable bonds is 19. The average Bonchev–Trinajstić information content (AvgIpc) is 3.44. The number of piperidine rings is 1. The first-order valence-corrected chi connectivity index (χ1v) is 28.3. The summed E-state index contributed by atoms with van der Waals surface area (Å²) in [5.41, 5.74) is 2.58. The number of allylic oxidation sites excluding steroid dienone is 5. The summed E-state index contributed by atoms with van der Waals surface area (Å²) < 4.78 is 20.6. The zero-order valence-corrected chi connectivity index (χ0v) is 47.7. The number of hydrazine groups is 1. The van der Waals surface area contributed by atoms with Gasteiger partial charge in [-0.25, -0.2) is 9.82 Å². The topological polar surface area (TPSA) is 264 Å². The number of hydrogen-bond acceptors (Lipinski definition) is 13. The number of carbonyl (C=O) groups is 6. The van der Waals surface area contributed by atoms with Gasteiger partial charge in [-0.15, -0.1) is 0 Å². The second-order valence-corrected chi connectivity index (χ2v) is 23.0. The van der Waals surface area contributed by atoms with Crippen LogP contribution in [0.2, 0.25) is 0 Å². The standard InChI is InChI=1S/C60H92FN5O12/c1-11-44-32-39(7)60(77,64-55(44)72)42(10)53(70)38(6)27-30-49(68)36(4)20-14-12-15-21-37(5)51-26-17-13-16-25-50(69)41(9)54(71)46(29-28-40(8)67)56(73)63-52(35(2)3)57(74)62-48(34-43-22-18-23-45(61)33-43)58(75)66-31-19-24-47(65-66)59(76)78-51/h12-13,15-18,21-23,25,33,35-36,38-39,41-42,44,46-54,65,68-71,77H,11,14,19-20,24,26-32,34H2,1-10H3,(H,62,74)(H,63,73)(H,64,72)/b15-12+,17-13+,25-16+,37-21+/t36?,38?,39-,41?,42?,44?,46?,47?,48?,49?,50-,51-,52?,53?,54?,60+/m0/s1. The lowest BCUT2D eigenvalue weighted by atomic mass is 9.72. The molecule has 17 nitrogen and oxygen atoms in total. The third kappa shape index (κ3) is 18.8. The van der Waals surface area contributed by atoms with Gasteiger partial charge in [-0.3, -0.25) is 29.0 Å². The maximum absolute atomic E-state index is 14.5. The fourth-order valence-corrected chi connectivity index (χ4v) is 10.7. The molecular weight excluding hydrogens is 1000 g/mol. The highest BCUT2D eigenvalue weighted by Crippen LogP contribution is 2.38. The van der Waals surface area contributed by atoms with Crippen molar-refractivity contribution in [1.29, 1.82) is 0 Å². The Hall–Kier alpha value is -5.11. The van der Waals surface area contributed by atoms with E-state index in [1.54, 1.807) is 52.0 Å². The molecule has 436 valence electrons. The summed E-state index contributed by atoms with van der Waals surface area (Å²) in [6.45, 7) is 17.8. The maximum Gasteiger partial charge on any atom is 0.325 e. The van der Waals surface area contributed by atoms with Crippen LogP contribution in [0.4, 0.5) is 4.39 Å². The van der Waals surface area contributed by atoms with Crippen molar-refractivity contribution in [2.45, 2.75) is 201 Å². The number of fused-ring (bicyclic) bond motifs is 2. The number of nitrogens with zero attached hydrogens (tertiary/aromatic N) is 1. The van der Waals surface area contributed by atoms with Crippen LogP contribution in [-0.4, -0.2) is 127 Å². The molecule has 4 rings (SSSR count). The second kappa shape index (κ2) is 31.0. The number of nitrogens with one attached hydrogen (secondary N) is 4. The van der Waals surface area contributed by atoms with Gasteiger partial charge in [-0.05, 0) is 113 Å². The number of aliphatic hydroxyl groups is 5. The molecule has 0 aliphatic carbocycles. The monoisotopic (exact) mass is 1090 g/mol. The van der Waals surface area contributed by atoms with E-state index < -0.39 is 108 Å². The number of esters is 1. The van der Waals surface area contributed by atoms with Crippen LogP contribution < -0.4 is 21.4 Å². The number of halogens is 1. The number of ether oxygens (including phenoxy) is 1. The fourth-order valence-electron chi connectivity index (χ4n) is 10.7. The third-order valence-corrected chi connectivity index (χ3v) is 16.5. The Kier molecular flexibility index (Phi) is 26.0. The number of benzene rings is 1. The van der Waals surface area contributed by atoms with E-state index in [0.29, 0.717) is 62.5 Å².